The Labute approximate surface area is 237 Å². The predicted molar refractivity (Wildman–Crippen MR) is 159 cm³/mol. The van der Waals surface area contributed by atoms with E-state index in [1.54, 1.807) is 31.2 Å². The number of hydrogen-bond acceptors (Lipinski definition) is 4. The number of hydrogen-bond donors (Lipinski definition) is 3. The number of ether oxygens (including phenoxy) is 1. The van der Waals surface area contributed by atoms with E-state index in [-0.39, 0.29) is 24.5 Å². The lowest BCUT2D eigenvalue weighted by Gasteiger charge is -2.29. The molecule has 0 aliphatic carbocycles. The van der Waals surface area contributed by atoms with Gasteiger partial charge in [-0.1, -0.05) is 105 Å². The van der Waals surface area contributed by atoms with E-state index in [9.17, 15) is 14.4 Å². The van der Waals surface area contributed by atoms with Crippen LogP contribution in [0.25, 0.3) is 0 Å². The van der Waals surface area contributed by atoms with Crippen LogP contribution in [0.3, 0.4) is 0 Å². The molecule has 0 radical (unpaired) electrons. The van der Waals surface area contributed by atoms with Crippen molar-refractivity contribution in [3.63, 3.8) is 0 Å². The summed E-state index contributed by atoms with van der Waals surface area (Å²) in [6, 6.07) is 9.41. The van der Waals surface area contributed by atoms with Crippen molar-refractivity contribution in [1.82, 2.24) is 10.6 Å². The van der Waals surface area contributed by atoms with Gasteiger partial charge in [-0.2, -0.15) is 0 Å². The number of nitrogens with one attached hydrogen (secondary N) is 2. The Bertz CT molecular complexity index is 1080. The molecule has 1 aromatic rings. The summed E-state index contributed by atoms with van der Waals surface area (Å²) in [6.07, 6.45) is 15.3. The first kappa shape index (κ1) is 33.6. The fourth-order valence-electron chi connectivity index (χ4n) is 3.35. The first-order chi connectivity index (χ1) is 18.4. The third-order valence-corrected chi connectivity index (χ3v) is 5.66. The quantitative estimate of drug-likeness (QED) is 0.203. The smallest absolute Gasteiger partial charge is 0.247 e. The average molecular weight is 556 g/mol. The zero-order valence-electron chi connectivity index (χ0n) is 23.6. The molecule has 0 bridgehead atoms. The second-order valence-electron chi connectivity index (χ2n) is 10.2. The van der Waals surface area contributed by atoms with Gasteiger partial charge in [0.1, 0.15) is 12.6 Å². The average Bonchev–Trinajstić information content (AvgIpc) is 2.87. The van der Waals surface area contributed by atoms with Crippen LogP contribution < -0.4 is 16.4 Å². The topological polar surface area (TPSA) is 111 Å². The van der Waals surface area contributed by atoms with Crippen molar-refractivity contribution in [2.24, 2.45) is 11.1 Å². The zero-order chi connectivity index (χ0) is 29.3. The molecule has 0 saturated heterocycles. The second kappa shape index (κ2) is 18.0. The van der Waals surface area contributed by atoms with E-state index in [4.69, 9.17) is 22.1 Å². The number of amides is 3. The molecule has 0 fully saturated rings. The highest BCUT2D eigenvalue weighted by Crippen LogP contribution is 2.19. The van der Waals surface area contributed by atoms with Crippen LogP contribution in [-0.4, -0.2) is 36.5 Å². The van der Waals surface area contributed by atoms with Crippen molar-refractivity contribution < 1.29 is 19.1 Å². The summed E-state index contributed by atoms with van der Waals surface area (Å²) in [5.41, 5.74) is 6.95. The summed E-state index contributed by atoms with van der Waals surface area (Å²) >= 11 is 5.89. The van der Waals surface area contributed by atoms with Crippen LogP contribution in [0.1, 0.15) is 53.0 Å². The molecule has 7 nitrogen and oxygen atoms in total. The summed E-state index contributed by atoms with van der Waals surface area (Å²) in [6.45, 7) is 9.17. The molecule has 4 N–H and O–H groups in total. The lowest BCUT2D eigenvalue weighted by atomic mass is 9.86. The van der Waals surface area contributed by atoms with E-state index in [0.29, 0.717) is 17.9 Å². The Morgan fingerprint density at radius 3 is 2.31 bits per heavy atom. The van der Waals surface area contributed by atoms with Gasteiger partial charge in [-0.3, -0.25) is 14.4 Å². The van der Waals surface area contributed by atoms with Gasteiger partial charge in [0, 0.05) is 11.1 Å². The minimum absolute atomic E-state index is 0.204. The zero-order valence-corrected chi connectivity index (χ0v) is 24.3. The molecule has 0 aliphatic heterocycles. The molecule has 1 unspecified atom stereocenters. The maximum absolute atomic E-state index is 12.9. The van der Waals surface area contributed by atoms with E-state index >= 15 is 0 Å². The van der Waals surface area contributed by atoms with Crippen LogP contribution in [0.5, 0.6) is 0 Å². The molecule has 0 heterocycles. The van der Waals surface area contributed by atoms with E-state index in [1.807, 2.05) is 52.0 Å². The van der Waals surface area contributed by atoms with Gasteiger partial charge >= 0.3 is 0 Å². The van der Waals surface area contributed by atoms with Gasteiger partial charge in [-0.05, 0) is 50.3 Å². The number of benzene rings is 1. The molecule has 0 spiro atoms. The van der Waals surface area contributed by atoms with Crippen LogP contribution in [0, 0.1) is 5.41 Å². The molecule has 39 heavy (non-hydrogen) atoms. The standard InChI is InChI=1S/C31H42ClN3O4/c1-23(17-19-25-13-7-6-8-14-25)12-9-10-16-28(37)35-29(31(3,4)5)30(38)34-21-11-15-26(20-18-24(2)32)39-22-27(33)36/h6-14,16-18,21,26,29H,15,19-20,22H2,1-5H3,(H2,33,36)(H,34,38)(H,35,37)/b12-9-,16-10-,21-11-,23-17+,24-18+/t26?,29-/m1/s1. The second-order valence-corrected chi connectivity index (χ2v) is 10.8. The van der Waals surface area contributed by atoms with Crippen LogP contribution in [0.15, 0.2) is 89.7 Å². The van der Waals surface area contributed by atoms with Gasteiger partial charge in [0.05, 0.1) is 6.10 Å². The molecule has 3 amide bonds. The summed E-state index contributed by atoms with van der Waals surface area (Å²) in [5, 5.41) is 6.12. The Balaban J connectivity index is 2.66. The highest BCUT2D eigenvalue weighted by atomic mass is 35.5. The lowest BCUT2D eigenvalue weighted by Crippen LogP contribution is -2.52. The third-order valence-electron chi connectivity index (χ3n) is 5.50. The largest absolute Gasteiger partial charge is 0.368 e. The van der Waals surface area contributed by atoms with Crippen LogP contribution in [0.4, 0.5) is 0 Å². The van der Waals surface area contributed by atoms with E-state index in [1.165, 1.54) is 17.8 Å². The van der Waals surface area contributed by atoms with Crippen molar-refractivity contribution in [3.05, 3.63) is 95.2 Å². The van der Waals surface area contributed by atoms with E-state index < -0.39 is 17.4 Å². The van der Waals surface area contributed by atoms with Crippen LogP contribution >= 0.6 is 11.6 Å². The van der Waals surface area contributed by atoms with Crippen LogP contribution in [0.2, 0.25) is 0 Å². The fraction of sp³-hybridized carbons (Fsp3) is 0.387. The van der Waals surface area contributed by atoms with Gasteiger partial charge in [-0.25, -0.2) is 0 Å². The molecule has 212 valence electrons. The molecular weight excluding hydrogens is 514 g/mol. The Morgan fingerprint density at radius 2 is 1.69 bits per heavy atom. The summed E-state index contributed by atoms with van der Waals surface area (Å²) in [4.78, 5) is 36.4. The Morgan fingerprint density at radius 1 is 1.03 bits per heavy atom. The first-order valence-electron chi connectivity index (χ1n) is 12.9. The van der Waals surface area contributed by atoms with Crippen molar-refractivity contribution in [3.8, 4) is 0 Å². The highest BCUT2D eigenvalue weighted by molar-refractivity contribution is 6.29. The summed E-state index contributed by atoms with van der Waals surface area (Å²) < 4.78 is 5.50. The molecule has 2 atom stereocenters. The van der Waals surface area contributed by atoms with Crippen molar-refractivity contribution in [1.29, 1.82) is 0 Å². The third kappa shape index (κ3) is 16.2. The molecular formula is C31H42ClN3O4. The predicted octanol–water partition coefficient (Wildman–Crippen LogP) is 5.24. The first-order valence-corrected chi connectivity index (χ1v) is 13.3. The SMILES string of the molecule is C/C(Cl)=C\CC(C/C=C\NC(=O)[C@@H](NC(=O)\C=C/C=C\C(C)=C\Cc1ccccc1)C(C)(C)C)OCC(N)=O. The minimum Gasteiger partial charge on any atom is -0.368 e. The summed E-state index contributed by atoms with van der Waals surface area (Å²) in [5.74, 6) is -1.28. The highest BCUT2D eigenvalue weighted by Gasteiger charge is 2.31. The van der Waals surface area contributed by atoms with Crippen molar-refractivity contribution in [2.45, 2.75) is 66.0 Å². The molecule has 0 saturated carbocycles. The molecule has 1 rings (SSSR count). The van der Waals surface area contributed by atoms with Crippen molar-refractivity contribution in [2.75, 3.05) is 6.61 Å². The molecule has 0 aromatic heterocycles. The van der Waals surface area contributed by atoms with Crippen molar-refractivity contribution >= 4 is 29.3 Å². The monoisotopic (exact) mass is 555 g/mol. The fourth-order valence-corrected chi connectivity index (χ4v) is 3.44. The maximum Gasteiger partial charge on any atom is 0.247 e. The van der Waals surface area contributed by atoms with Gasteiger partial charge in [-0.15, -0.1) is 0 Å². The minimum atomic E-state index is -0.764. The molecule has 0 aliphatic rings. The summed E-state index contributed by atoms with van der Waals surface area (Å²) in [7, 11) is 0. The number of primary amides is 1. The lowest BCUT2D eigenvalue weighted by molar-refractivity contribution is -0.129. The number of carbonyl (C=O) groups excluding carboxylic acids is 3. The van der Waals surface area contributed by atoms with E-state index in [0.717, 1.165) is 12.0 Å². The number of nitrogens with two attached hydrogens (primary N) is 1. The maximum atomic E-state index is 12.9. The number of carbonyl (C=O) groups is 3. The van der Waals surface area contributed by atoms with Crippen LogP contribution in [-0.2, 0) is 25.5 Å². The normalized spacial score (nSPS) is 14.6. The Kier molecular flexibility index (Phi) is 15.5. The number of allylic oxidation sites excluding steroid dienone is 6. The number of halogens is 1. The number of rotatable bonds is 15. The van der Waals surface area contributed by atoms with Gasteiger partial charge in [0.15, 0.2) is 0 Å². The van der Waals surface area contributed by atoms with Gasteiger partial charge in [0.25, 0.3) is 0 Å². The molecule has 8 heteroatoms. The Hall–Kier alpha value is -3.42. The van der Waals surface area contributed by atoms with Gasteiger partial charge < -0.3 is 21.1 Å². The molecule has 1 aromatic carbocycles. The van der Waals surface area contributed by atoms with Gasteiger partial charge in [0.2, 0.25) is 17.7 Å². The van der Waals surface area contributed by atoms with E-state index in [2.05, 4.69) is 28.8 Å².